The number of fused-ring (bicyclic) bond motifs is 1. The van der Waals surface area contributed by atoms with Gasteiger partial charge in [0.25, 0.3) is 5.92 Å². The van der Waals surface area contributed by atoms with Crippen LogP contribution in [0.2, 0.25) is 0 Å². The number of benzene rings is 2. The van der Waals surface area contributed by atoms with Crippen LogP contribution in [0.5, 0.6) is 0 Å². The fourth-order valence-corrected chi connectivity index (χ4v) is 3.78. The Balaban J connectivity index is 0.00000141. The molecule has 1 aliphatic rings. The fraction of sp³-hybridized carbons (Fsp3) is 0.440. The van der Waals surface area contributed by atoms with Gasteiger partial charge in [0.1, 0.15) is 0 Å². The van der Waals surface area contributed by atoms with Crippen LogP contribution in [0, 0.1) is 0 Å². The average molecular weight is 443 g/mol. The van der Waals surface area contributed by atoms with E-state index in [1.807, 2.05) is 39.0 Å². The second-order valence-corrected chi connectivity index (χ2v) is 8.39. The monoisotopic (exact) mass is 442 g/mol. The van der Waals surface area contributed by atoms with Crippen LogP contribution >= 0.6 is 0 Å². The molecule has 3 aromatic rings. The third-order valence-corrected chi connectivity index (χ3v) is 5.75. The van der Waals surface area contributed by atoms with E-state index in [1.165, 1.54) is 12.1 Å². The third-order valence-electron chi connectivity index (χ3n) is 5.75. The number of aromatic nitrogens is 2. The lowest BCUT2D eigenvalue weighted by Gasteiger charge is -2.37. The highest BCUT2D eigenvalue weighted by atomic mass is 19.3. The van der Waals surface area contributed by atoms with Gasteiger partial charge in [-0.15, -0.1) is 0 Å². The molecule has 0 saturated carbocycles. The average Bonchev–Trinajstić information content (AvgIpc) is 2.78. The smallest absolute Gasteiger partial charge is 0.270 e. The van der Waals surface area contributed by atoms with Crippen LogP contribution in [-0.2, 0) is 12.5 Å². The molecule has 4 rings (SSSR count). The molecule has 1 saturated heterocycles. The highest BCUT2D eigenvalue weighted by Crippen LogP contribution is 2.31. The molecule has 0 unspecified atom stereocenters. The molecule has 0 spiro atoms. The largest absolute Gasteiger partial charge is 0.390 e. The molecular weight excluding hydrogens is 410 g/mol. The van der Waals surface area contributed by atoms with Gasteiger partial charge in [-0.05, 0) is 49.6 Å². The van der Waals surface area contributed by atoms with Crippen LogP contribution in [0.1, 0.15) is 51.7 Å². The van der Waals surface area contributed by atoms with Crippen molar-refractivity contribution >= 4 is 22.3 Å². The lowest BCUT2D eigenvalue weighted by Crippen LogP contribution is -2.42. The second-order valence-electron chi connectivity index (χ2n) is 8.39. The van der Waals surface area contributed by atoms with Crippen LogP contribution in [0.4, 0.5) is 20.2 Å². The number of nitrogens with one attached hydrogen (secondary N) is 1. The zero-order valence-electron chi connectivity index (χ0n) is 19.2. The molecule has 7 heteroatoms. The minimum Gasteiger partial charge on any atom is -0.390 e. The Morgan fingerprint density at radius 1 is 1.12 bits per heavy atom. The molecule has 1 aromatic heterocycles. The number of anilines is 2. The zero-order chi connectivity index (χ0) is 23.4. The van der Waals surface area contributed by atoms with Gasteiger partial charge in [0, 0.05) is 43.2 Å². The predicted molar refractivity (Wildman–Crippen MR) is 126 cm³/mol. The summed E-state index contributed by atoms with van der Waals surface area (Å²) >= 11 is 0. The van der Waals surface area contributed by atoms with E-state index >= 15 is 0 Å². The number of piperidine rings is 1. The van der Waals surface area contributed by atoms with Crippen molar-refractivity contribution in [2.45, 2.75) is 58.6 Å². The Morgan fingerprint density at radius 3 is 2.53 bits per heavy atom. The summed E-state index contributed by atoms with van der Waals surface area (Å²) in [5.74, 6) is -2.87. The maximum atomic E-state index is 13.6. The van der Waals surface area contributed by atoms with E-state index in [-0.39, 0.29) is 5.56 Å². The summed E-state index contributed by atoms with van der Waals surface area (Å²) in [4.78, 5) is 2.26. The molecule has 1 fully saturated rings. The van der Waals surface area contributed by atoms with Crippen LogP contribution < -0.4 is 10.2 Å². The minimum absolute atomic E-state index is 0.00257. The molecule has 2 heterocycles. The summed E-state index contributed by atoms with van der Waals surface area (Å²) in [6.07, 6.45) is 3.11. The quantitative estimate of drug-likeness (QED) is 0.528. The van der Waals surface area contributed by atoms with Gasteiger partial charge in [-0.3, -0.25) is 0 Å². The topological polar surface area (TPSA) is 61.3 Å². The first kappa shape index (κ1) is 23.9. The molecule has 0 amide bonds. The van der Waals surface area contributed by atoms with E-state index in [1.54, 1.807) is 12.3 Å². The first-order chi connectivity index (χ1) is 15.2. The fourth-order valence-electron chi connectivity index (χ4n) is 3.78. The molecule has 0 radical (unpaired) electrons. The molecule has 172 valence electrons. The van der Waals surface area contributed by atoms with Crippen molar-refractivity contribution in [1.82, 2.24) is 10.2 Å². The molecule has 1 aliphatic heterocycles. The molecule has 0 atom stereocenters. The van der Waals surface area contributed by atoms with E-state index in [0.717, 1.165) is 60.7 Å². The normalized spacial score (nSPS) is 15.8. The van der Waals surface area contributed by atoms with E-state index in [0.29, 0.717) is 6.54 Å². The van der Waals surface area contributed by atoms with Crippen molar-refractivity contribution in [2.24, 2.45) is 0 Å². The van der Waals surface area contributed by atoms with Crippen molar-refractivity contribution in [3.05, 3.63) is 59.8 Å². The Labute approximate surface area is 188 Å². The predicted octanol–water partition coefficient (Wildman–Crippen LogP) is 5.73. The number of rotatable bonds is 5. The Bertz CT molecular complexity index is 1040. The van der Waals surface area contributed by atoms with Crippen LogP contribution in [-0.4, -0.2) is 34.0 Å². The highest BCUT2D eigenvalue weighted by molar-refractivity contribution is 5.92. The molecular formula is C25H32F2N4O. The summed E-state index contributed by atoms with van der Waals surface area (Å²) in [5.41, 5.74) is 2.81. The number of nitrogens with zero attached hydrogens (tertiary/aromatic N) is 3. The first-order valence-electron chi connectivity index (χ1n) is 11.2. The van der Waals surface area contributed by atoms with Crippen LogP contribution in [0.3, 0.4) is 0 Å². The molecule has 2 aromatic carbocycles. The Morgan fingerprint density at radius 2 is 1.84 bits per heavy atom. The van der Waals surface area contributed by atoms with Gasteiger partial charge in [0.05, 0.1) is 23.0 Å². The maximum Gasteiger partial charge on any atom is 0.270 e. The molecule has 5 nitrogen and oxygen atoms in total. The summed E-state index contributed by atoms with van der Waals surface area (Å²) in [6, 6.07) is 12.5. The van der Waals surface area contributed by atoms with Crippen molar-refractivity contribution < 1.29 is 13.9 Å². The van der Waals surface area contributed by atoms with Gasteiger partial charge >= 0.3 is 0 Å². The van der Waals surface area contributed by atoms with Crippen LogP contribution in [0.15, 0.2) is 48.7 Å². The van der Waals surface area contributed by atoms with Gasteiger partial charge in [-0.2, -0.15) is 10.2 Å². The summed E-state index contributed by atoms with van der Waals surface area (Å²) < 4.78 is 27.2. The minimum atomic E-state index is -2.87. The number of hydrogen-bond acceptors (Lipinski definition) is 5. The van der Waals surface area contributed by atoms with Crippen molar-refractivity contribution in [2.75, 3.05) is 23.3 Å². The maximum absolute atomic E-state index is 13.6. The van der Waals surface area contributed by atoms with E-state index in [2.05, 4.69) is 26.5 Å². The van der Waals surface area contributed by atoms with Gasteiger partial charge in [0.15, 0.2) is 0 Å². The first-order valence-corrected chi connectivity index (χ1v) is 11.2. The standard InChI is InChI=1S/C23H26F2N4O.C2H6/c1-22(30)8-10-29(11-9-22)18-6-7-20-19(13-18)21(15-27-28-20)26-14-16-4-3-5-17(12-16)23(2,24)25;1-2/h3-7,12-13,15,30H,8-11,14H2,1-2H3,(H,26,28);1-2H3. The van der Waals surface area contributed by atoms with Crippen molar-refractivity contribution in [3.8, 4) is 0 Å². The number of hydrogen-bond donors (Lipinski definition) is 2. The third kappa shape index (κ3) is 5.71. The molecule has 32 heavy (non-hydrogen) atoms. The number of halogens is 2. The second kappa shape index (κ2) is 9.77. The van der Waals surface area contributed by atoms with E-state index < -0.39 is 11.5 Å². The van der Waals surface area contributed by atoms with E-state index in [4.69, 9.17) is 0 Å². The SMILES string of the molecule is CC.CC1(O)CCN(c2ccc3nncc(NCc4cccc(C(C)(F)F)c4)c3c2)CC1. The van der Waals surface area contributed by atoms with Gasteiger partial charge in [-0.25, -0.2) is 8.78 Å². The number of aliphatic hydroxyl groups is 1. The molecule has 2 N–H and O–H groups in total. The number of alkyl halides is 2. The Hall–Kier alpha value is -2.80. The van der Waals surface area contributed by atoms with Crippen molar-refractivity contribution in [3.63, 3.8) is 0 Å². The summed E-state index contributed by atoms with van der Waals surface area (Å²) in [5, 5.41) is 22.7. The summed E-state index contributed by atoms with van der Waals surface area (Å²) in [6.45, 7) is 8.77. The summed E-state index contributed by atoms with van der Waals surface area (Å²) in [7, 11) is 0. The van der Waals surface area contributed by atoms with Gasteiger partial charge in [-0.1, -0.05) is 32.0 Å². The van der Waals surface area contributed by atoms with E-state index in [9.17, 15) is 13.9 Å². The molecule has 0 aliphatic carbocycles. The molecule has 0 bridgehead atoms. The van der Waals surface area contributed by atoms with Gasteiger partial charge in [0.2, 0.25) is 0 Å². The Kier molecular flexibility index (Phi) is 7.29. The lowest BCUT2D eigenvalue weighted by molar-refractivity contribution is 0.0174. The highest BCUT2D eigenvalue weighted by Gasteiger charge is 2.27. The lowest BCUT2D eigenvalue weighted by atomic mass is 9.93. The van der Waals surface area contributed by atoms with Gasteiger partial charge < -0.3 is 15.3 Å². The zero-order valence-corrected chi connectivity index (χ0v) is 19.2. The van der Waals surface area contributed by atoms with Crippen molar-refractivity contribution in [1.29, 1.82) is 0 Å². The van der Waals surface area contributed by atoms with Crippen LogP contribution in [0.25, 0.3) is 10.9 Å².